The van der Waals surface area contributed by atoms with E-state index in [-0.39, 0.29) is 24.5 Å². The molecule has 0 atom stereocenters. The number of benzene rings is 2. The Morgan fingerprint density at radius 1 is 0.926 bits per heavy atom. The van der Waals surface area contributed by atoms with Gasteiger partial charge in [-0.3, -0.25) is 9.59 Å². The Balaban J connectivity index is 1.64. The molecule has 0 radical (unpaired) electrons. The second-order valence-corrected chi connectivity index (χ2v) is 7.25. The summed E-state index contributed by atoms with van der Waals surface area (Å²) in [4.78, 5) is 23.8. The molecule has 0 saturated carbocycles. The molecule has 0 saturated heterocycles. The van der Waals surface area contributed by atoms with Gasteiger partial charge in [-0.25, -0.2) is 0 Å². The number of para-hydroxylation sites is 1. The molecule has 27 heavy (non-hydrogen) atoms. The van der Waals surface area contributed by atoms with Gasteiger partial charge < -0.3 is 14.8 Å². The van der Waals surface area contributed by atoms with E-state index in [1.165, 1.54) is 0 Å². The van der Waals surface area contributed by atoms with Crippen LogP contribution in [-0.4, -0.2) is 31.6 Å². The first kappa shape index (κ1) is 20.5. The highest BCUT2D eigenvalue weighted by atomic mass is 16.5. The van der Waals surface area contributed by atoms with E-state index in [1.54, 1.807) is 12.1 Å². The number of hydrogen-bond donors (Lipinski definition) is 1. The van der Waals surface area contributed by atoms with E-state index in [9.17, 15) is 9.59 Å². The first-order valence-corrected chi connectivity index (χ1v) is 9.08. The molecule has 0 unspecified atom stereocenters. The Kier molecular flexibility index (Phi) is 7.41. The summed E-state index contributed by atoms with van der Waals surface area (Å²) in [5.74, 6) is 0.0303. The third-order valence-electron chi connectivity index (χ3n) is 3.97. The summed E-state index contributed by atoms with van der Waals surface area (Å²) in [6, 6.07) is 16.8. The van der Waals surface area contributed by atoms with Crippen LogP contribution in [0.3, 0.4) is 0 Å². The standard InChI is InChI=1S/C22H27NO4/c1-22(2,3)18-12-10-17(11-13-18)21(25)23-16-20(24)27-15-7-14-26-19-8-5-4-6-9-19/h4-6,8-13H,7,14-16H2,1-3H3,(H,23,25). The van der Waals surface area contributed by atoms with E-state index in [0.29, 0.717) is 18.6 Å². The molecule has 1 amide bonds. The molecule has 144 valence electrons. The molecule has 2 aromatic carbocycles. The highest BCUT2D eigenvalue weighted by molar-refractivity contribution is 5.95. The molecule has 0 aliphatic rings. The van der Waals surface area contributed by atoms with Crippen molar-refractivity contribution < 1.29 is 19.1 Å². The molecule has 0 spiro atoms. The van der Waals surface area contributed by atoms with Crippen LogP contribution < -0.4 is 10.1 Å². The normalized spacial score (nSPS) is 10.9. The monoisotopic (exact) mass is 369 g/mol. The van der Waals surface area contributed by atoms with Crippen molar-refractivity contribution in [3.8, 4) is 5.75 Å². The Morgan fingerprint density at radius 2 is 1.59 bits per heavy atom. The highest BCUT2D eigenvalue weighted by Gasteiger charge is 2.14. The number of ether oxygens (including phenoxy) is 2. The number of hydrogen-bond acceptors (Lipinski definition) is 4. The Labute approximate surface area is 160 Å². The van der Waals surface area contributed by atoms with Gasteiger partial charge >= 0.3 is 5.97 Å². The molecule has 5 nitrogen and oxygen atoms in total. The fourth-order valence-electron chi connectivity index (χ4n) is 2.38. The predicted molar refractivity (Wildman–Crippen MR) is 105 cm³/mol. The molecule has 2 aromatic rings. The summed E-state index contributed by atoms with van der Waals surface area (Å²) in [6.45, 7) is 6.90. The van der Waals surface area contributed by atoms with E-state index >= 15 is 0 Å². The zero-order valence-electron chi connectivity index (χ0n) is 16.2. The lowest BCUT2D eigenvalue weighted by Gasteiger charge is -2.19. The smallest absolute Gasteiger partial charge is 0.325 e. The number of carbonyl (C=O) groups excluding carboxylic acids is 2. The number of nitrogens with one attached hydrogen (secondary N) is 1. The summed E-state index contributed by atoms with van der Waals surface area (Å²) >= 11 is 0. The van der Waals surface area contributed by atoms with Crippen molar-refractivity contribution in [1.82, 2.24) is 5.32 Å². The van der Waals surface area contributed by atoms with Gasteiger partial charge in [-0.05, 0) is 35.2 Å². The minimum Gasteiger partial charge on any atom is -0.493 e. The molecule has 1 N–H and O–H groups in total. The lowest BCUT2D eigenvalue weighted by atomic mass is 9.87. The topological polar surface area (TPSA) is 64.6 Å². The van der Waals surface area contributed by atoms with E-state index in [4.69, 9.17) is 9.47 Å². The molecule has 2 rings (SSSR count). The lowest BCUT2D eigenvalue weighted by Crippen LogP contribution is -2.31. The van der Waals surface area contributed by atoms with Crippen molar-refractivity contribution in [1.29, 1.82) is 0 Å². The lowest BCUT2D eigenvalue weighted by molar-refractivity contribution is -0.142. The predicted octanol–water partition coefficient (Wildman–Crippen LogP) is 3.73. The zero-order chi connectivity index (χ0) is 19.7. The third kappa shape index (κ3) is 7.13. The maximum atomic E-state index is 12.1. The van der Waals surface area contributed by atoms with Crippen LogP contribution in [0.15, 0.2) is 54.6 Å². The van der Waals surface area contributed by atoms with Gasteiger partial charge in [0.1, 0.15) is 12.3 Å². The fraction of sp³-hybridized carbons (Fsp3) is 0.364. The second kappa shape index (κ2) is 9.76. The van der Waals surface area contributed by atoms with E-state index < -0.39 is 5.97 Å². The molecule has 0 aliphatic heterocycles. The minimum atomic E-state index is -0.464. The van der Waals surface area contributed by atoms with Crippen LogP contribution in [0.5, 0.6) is 5.75 Å². The summed E-state index contributed by atoms with van der Waals surface area (Å²) in [6.07, 6.45) is 0.586. The first-order valence-electron chi connectivity index (χ1n) is 9.08. The summed E-state index contributed by atoms with van der Waals surface area (Å²) in [5.41, 5.74) is 1.70. The van der Waals surface area contributed by atoms with Crippen LogP contribution in [-0.2, 0) is 14.9 Å². The average Bonchev–Trinajstić information content (AvgIpc) is 2.66. The number of rotatable bonds is 8. The molecule has 0 aliphatic carbocycles. The van der Waals surface area contributed by atoms with Crippen LogP contribution in [0.1, 0.15) is 43.1 Å². The largest absolute Gasteiger partial charge is 0.493 e. The van der Waals surface area contributed by atoms with Crippen molar-refractivity contribution in [2.75, 3.05) is 19.8 Å². The van der Waals surface area contributed by atoms with Gasteiger partial charge in [0, 0.05) is 12.0 Å². The minimum absolute atomic E-state index is 0.0308. The number of amides is 1. The van der Waals surface area contributed by atoms with Crippen molar-refractivity contribution in [2.45, 2.75) is 32.6 Å². The maximum absolute atomic E-state index is 12.1. The Bertz CT molecular complexity index is 733. The Morgan fingerprint density at radius 3 is 2.22 bits per heavy atom. The SMILES string of the molecule is CC(C)(C)c1ccc(C(=O)NCC(=O)OCCCOc2ccccc2)cc1. The van der Waals surface area contributed by atoms with Crippen LogP contribution in [0, 0.1) is 0 Å². The van der Waals surface area contributed by atoms with Crippen LogP contribution in [0.4, 0.5) is 0 Å². The quantitative estimate of drug-likeness (QED) is 0.569. The van der Waals surface area contributed by atoms with Gasteiger partial charge in [0.2, 0.25) is 0 Å². The maximum Gasteiger partial charge on any atom is 0.325 e. The van der Waals surface area contributed by atoms with Crippen LogP contribution in [0.25, 0.3) is 0 Å². The molecule has 5 heteroatoms. The van der Waals surface area contributed by atoms with Gasteiger partial charge in [0.15, 0.2) is 0 Å². The summed E-state index contributed by atoms with van der Waals surface area (Å²) < 4.78 is 10.6. The van der Waals surface area contributed by atoms with Gasteiger partial charge in [-0.2, -0.15) is 0 Å². The van der Waals surface area contributed by atoms with Gasteiger partial charge in [-0.15, -0.1) is 0 Å². The van der Waals surface area contributed by atoms with Gasteiger partial charge in [0.05, 0.1) is 13.2 Å². The van der Waals surface area contributed by atoms with Crippen LogP contribution >= 0.6 is 0 Å². The average molecular weight is 369 g/mol. The van der Waals surface area contributed by atoms with E-state index in [1.807, 2.05) is 42.5 Å². The number of esters is 1. The van der Waals surface area contributed by atoms with Gasteiger partial charge in [-0.1, -0.05) is 51.1 Å². The van der Waals surface area contributed by atoms with Gasteiger partial charge in [0.25, 0.3) is 5.91 Å². The summed E-state index contributed by atoms with van der Waals surface area (Å²) in [5, 5.41) is 2.58. The number of carbonyl (C=O) groups is 2. The Hall–Kier alpha value is -2.82. The molecular formula is C22H27NO4. The molecular weight excluding hydrogens is 342 g/mol. The first-order chi connectivity index (χ1) is 12.9. The van der Waals surface area contributed by atoms with E-state index in [2.05, 4.69) is 26.1 Å². The van der Waals surface area contributed by atoms with Crippen molar-refractivity contribution in [3.05, 3.63) is 65.7 Å². The van der Waals surface area contributed by atoms with Crippen molar-refractivity contribution in [2.24, 2.45) is 0 Å². The fourth-order valence-corrected chi connectivity index (χ4v) is 2.38. The summed E-state index contributed by atoms with van der Waals surface area (Å²) in [7, 11) is 0. The molecule has 0 heterocycles. The molecule has 0 fully saturated rings. The third-order valence-corrected chi connectivity index (χ3v) is 3.97. The van der Waals surface area contributed by atoms with E-state index in [0.717, 1.165) is 11.3 Å². The van der Waals surface area contributed by atoms with Crippen LogP contribution in [0.2, 0.25) is 0 Å². The zero-order valence-corrected chi connectivity index (χ0v) is 16.2. The molecule has 0 aromatic heterocycles. The highest BCUT2D eigenvalue weighted by Crippen LogP contribution is 2.22. The van der Waals surface area contributed by atoms with Crippen molar-refractivity contribution in [3.63, 3.8) is 0 Å². The second-order valence-electron chi connectivity index (χ2n) is 7.25. The van der Waals surface area contributed by atoms with Crippen molar-refractivity contribution >= 4 is 11.9 Å². The molecule has 0 bridgehead atoms.